The lowest BCUT2D eigenvalue weighted by Gasteiger charge is -2.31. The van der Waals surface area contributed by atoms with E-state index in [4.69, 9.17) is 4.74 Å². The van der Waals surface area contributed by atoms with Gasteiger partial charge in [0.2, 0.25) is 0 Å². The van der Waals surface area contributed by atoms with Crippen molar-refractivity contribution in [1.82, 2.24) is 15.2 Å². The molecule has 2 rings (SSSR count). The Kier molecular flexibility index (Phi) is 7.11. The minimum absolute atomic E-state index is 0. The average molecular weight is 292 g/mol. The average Bonchev–Trinajstić information content (AvgIpc) is 2.77. The van der Waals surface area contributed by atoms with Crippen LogP contribution < -0.4 is 5.32 Å². The van der Waals surface area contributed by atoms with Gasteiger partial charge in [-0.3, -0.25) is 4.90 Å². The third kappa shape index (κ3) is 4.48. The zero-order chi connectivity index (χ0) is 12.1. The molecule has 1 N–H and O–H groups in total. The molecule has 18 heavy (non-hydrogen) atoms. The van der Waals surface area contributed by atoms with Crippen molar-refractivity contribution in [2.45, 2.75) is 32.0 Å². The molecule has 1 unspecified atom stereocenters. The third-order valence-electron chi connectivity index (χ3n) is 3.16. The van der Waals surface area contributed by atoms with Crippen LogP contribution in [0, 0.1) is 0 Å². The molecule has 104 valence electrons. The summed E-state index contributed by atoms with van der Waals surface area (Å²) in [7, 11) is 3.77. The van der Waals surface area contributed by atoms with E-state index in [0.29, 0.717) is 12.6 Å². The highest BCUT2D eigenvalue weighted by Crippen LogP contribution is 2.18. The first-order valence-corrected chi connectivity index (χ1v) is 6.95. The van der Waals surface area contributed by atoms with Crippen molar-refractivity contribution in [3.05, 3.63) is 16.1 Å². The molecule has 0 spiro atoms. The van der Waals surface area contributed by atoms with E-state index < -0.39 is 0 Å². The number of piperidine rings is 1. The van der Waals surface area contributed by atoms with Crippen LogP contribution >= 0.6 is 23.7 Å². The van der Waals surface area contributed by atoms with Gasteiger partial charge in [-0.2, -0.15) is 0 Å². The summed E-state index contributed by atoms with van der Waals surface area (Å²) in [6, 6.07) is 0.641. The van der Waals surface area contributed by atoms with Crippen LogP contribution in [0.3, 0.4) is 0 Å². The van der Waals surface area contributed by atoms with Crippen LogP contribution in [0.4, 0.5) is 0 Å². The lowest BCUT2D eigenvalue weighted by Crippen LogP contribution is -2.43. The number of rotatable bonds is 5. The summed E-state index contributed by atoms with van der Waals surface area (Å²) in [6.45, 7) is 3.98. The van der Waals surface area contributed by atoms with Crippen molar-refractivity contribution in [2.75, 3.05) is 27.2 Å². The Morgan fingerprint density at radius 3 is 3.17 bits per heavy atom. The van der Waals surface area contributed by atoms with Crippen molar-refractivity contribution in [3.63, 3.8) is 0 Å². The summed E-state index contributed by atoms with van der Waals surface area (Å²) in [4.78, 5) is 8.16. The molecule has 1 atom stereocenters. The number of nitrogens with zero attached hydrogens (tertiary/aromatic N) is 2. The normalized spacial score (nSPS) is 20.7. The van der Waals surface area contributed by atoms with Crippen LogP contribution in [-0.4, -0.2) is 43.2 Å². The van der Waals surface area contributed by atoms with Gasteiger partial charge in [0.05, 0.1) is 18.0 Å². The number of likely N-dealkylation sites (tertiary alicyclic amines) is 1. The summed E-state index contributed by atoms with van der Waals surface area (Å²) < 4.78 is 5.11. The Labute approximate surface area is 119 Å². The van der Waals surface area contributed by atoms with Crippen LogP contribution in [-0.2, 0) is 17.9 Å². The first-order valence-electron chi connectivity index (χ1n) is 6.14. The van der Waals surface area contributed by atoms with Gasteiger partial charge in [-0.1, -0.05) is 0 Å². The zero-order valence-corrected chi connectivity index (χ0v) is 12.6. The van der Waals surface area contributed by atoms with Gasteiger partial charge < -0.3 is 10.1 Å². The maximum Gasteiger partial charge on any atom is 0.107 e. The molecule has 1 aromatic heterocycles. The molecule has 0 saturated carbocycles. The van der Waals surface area contributed by atoms with Gasteiger partial charge in [0.15, 0.2) is 0 Å². The predicted octanol–water partition coefficient (Wildman–Crippen LogP) is 1.90. The van der Waals surface area contributed by atoms with E-state index in [-0.39, 0.29) is 12.4 Å². The standard InChI is InChI=1S/C12H21N3OS.ClH/c1-13-10-4-3-5-15(7-10)8-12-14-6-11(17-12)9-16-2;/h6,10,13H,3-5,7-9H2,1-2H3;1H. The van der Waals surface area contributed by atoms with Crippen LogP contribution in [0.1, 0.15) is 22.7 Å². The van der Waals surface area contributed by atoms with Crippen LogP contribution in [0.15, 0.2) is 6.20 Å². The Hall–Kier alpha value is -0.200. The highest BCUT2D eigenvalue weighted by molar-refractivity contribution is 7.11. The van der Waals surface area contributed by atoms with Gasteiger partial charge in [-0.15, -0.1) is 23.7 Å². The lowest BCUT2D eigenvalue weighted by molar-refractivity contribution is 0.187. The Morgan fingerprint density at radius 2 is 2.44 bits per heavy atom. The van der Waals surface area contributed by atoms with Crippen LogP contribution in [0.25, 0.3) is 0 Å². The second kappa shape index (κ2) is 8.07. The van der Waals surface area contributed by atoms with Crippen molar-refractivity contribution in [2.24, 2.45) is 0 Å². The summed E-state index contributed by atoms with van der Waals surface area (Å²) >= 11 is 1.76. The second-order valence-electron chi connectivity index (χ2n) is 4.52. The molecule has 1 aromatic rings. The number of halogens is 1. The fourth-order valence-electron chi connectivity index (χ4n) is 2.26. The van der Waals surface area contributed by atoms with Gasteiger partial charge in [-0.05, 0) is 26.4 Å². The van der Waals surface area contributed by atoms with Gasteiger partial charge in [0.25, 0.3) is 0 Å². The first kappa shape index (κ1) is 15.9. The molecular weight excluding hydrogens is 270 g/mol. The summed E-state index contributed by atoms with van der Waals surface area (Å²) in [5.41, 5.74) is 0. The summed E-state index contributed by atoms with van der Waals surface area (Å²) in [6.07, 6.45) is 4.50. The maximum atomic E-state index is 5.11. The number of ether oxygens (including phenoxy) is 1. The fourth-order valence-corrected chi connectivity index (χ4v) is 3.19. The van der Waals surface area contributed by atoms with E-state index in [1.807, 2.05) is 13.2 Å². The van der Waals surface area contributed by atoms with E-state index in [1.165, 1.54) is 29.3 Å². The number of nitrogens with one attached hydrogen (secondary N) is 1. The summed E-state index contributed by atoms with van der Waals surface area (Å²) in [5, 5.41) is 4.57. The van der Waals surface area contributed by atoms with E-state index in [2.05, 4.69) is 15.2 Å². The molecule has 2 heterocycles. The third-order valence-corrected chi connectivity index (χ3v) is 4.12. The van der Waals surface area contributed by atoms with Gasteiger partial charge in [0, 0.05) is 25.9 Å². The summed E-state index contributed by atoms with van der Waals surface area (Å²) in [5.74, 6) is 0. The molecule has 0 amide bonds. The van der Waals surface area contributed by atoms with E-state index in [1.54, 1.807) is 18.4 Å². The van der Waals surface area contributed by atoms with E-state index in [0.717, 1.165) is 13.1 Å². The van der Waals surface area contributed by atoms with Crippen molar-refractivity contribution < 1.29 is 4.74 Å². The molecule has 0 radical (unpaired) electrons. The molecule has 0 aliphatic carbocycles. The van der Waals surface area contributed by atoms with Crippen molar-refractivity contribution in [1.29, 1.82) is 0 Å². The molecule has 1 aliphatic rings. The quantitative estimate of drug-likeness (QED) is 0.899. The zero-order valence-electron chi connectivity index (χ0n) is 11.0. The number of hydrogen-bond acceptors (Lipinski definition) is 5. The van der Waals surface area contributed by atoms with Gasteiger partial charge in [-0.25, -0.2) is 4.98 Å². The minimum atomic E-state index is 0. The number of likely N-dealkylation sites (N-methyl/N-ethyl adjacent to an activating group) is 1. The monoisotopic (exact) mass is 291 g/mol. The van der Waals surface area contributed by atoms with Gasteiger partial charge in [0.1, 0.15) is 5.01 Å². The van der Waals surface area contributed by atoms with E-state index in [9.17, 15) is 0 Å². The molecule has 1 fully saturated rings. The van der Waals surface area contributed by atoms with E-state index >= 15 is 0 Å². The van der Waals surface area contributed by atoms with Gasteiger partial charge >= 0.3 is 0 Å². The highest BCUT2D eigenvalue weighted by atomic mass is 35.5. The molecule has 0 aromatic carbocycles. The maximum absolute atomic E-state index is 5.11. The second-order valence-corrected chi connectivity index (χ2v) is 5.72. The Bertz CT molecular complexity index is 348. The predicted molar refractivity (Wildman–Crippen MR) is 77.4 cm³/mol. The molecule has 6 heteroatoms. The molecule has 4 nitrogen and oxygen atoms in total. The van der Waals surface area contributed by atoms with Crippen LogP contribution in [0.2, 0.25) is 0 Å². The minimum Gasteiger partial charge on any atom is -0.379 e. The number of aromatic nitrogens is 1. The Balaban J connectivity index is 0.00000162. The number of methoxy groups -OCH3 is 1. The number of thiazole rings is 1. The molecular formula is C12H22ClN3OS. The Morgan fingerprint density at radius 1 is 1.61 bits per heavy atom. The lowest BCUT2D eigenvalue weighted by atomic mass is 10.1. The first-order chi connectivity index (χ1) is 8.31. The van der Waals surface area contributed by atoms with Crippen molar-refractivity contribution in [3.8, 4) is 0 Å². The molecule has 0 bridgehead atoms. The van der Waals surface area contributed by atoms with Crippen molar-refractivity contribution >= 4 is 23.7 Å². The molecule has 1 aliphatic heterocycles. The van der Waals surface area contributed by atoms with Crippen LogP contribution in [0.5, 0.6) is 0 Å². The largest absolute Gasteiger partial charge is 0.379 e. The topological polar surface area (TPSA) is 37.4 Å². The molecule has 1 saturated heterocycles. The fraction of sp³-hybridized carbons (Fsp3) is 0.750. The highest BCUT2D eigenvalue weighted by Gasteiger charge is 2.19. The number of hydrogen-bond donors (Lipinski definition) is 1. The SMILES string of the molecule is CNC1CCCN(Cc2ncc(COC)s2)C1.Cl. The smallest absolute Gasteiger partial charge is 0.107 e.